The van der Waals surface area contributed by atoms with Crippen LogP contribution in [0.15, 0.2) is 54.7 Å². The van der Waals surface area contributed by atoms with E-state index >= 15 is 0 Å². The first kappa shape index (κ1) is 24.9. The van der Waals surface area contributed by atoms with Crippen LogP contribution in [0.5, 0.6) is 5.75 Å². The second kappa shape index (κ2) is 10.2. The summed E-state index contributed by atoms with van der Waals surface area (Å²) in [6.45, 7) is 5.10. The van der Waals surface area contributed by atoms with E-state index in [0.717, 1.165) is 17.0 Å². The van der Waals surface area contributed by atoms with Crippen LogP contribution in [0.25, 0.3) is 0 Å². The molecule has 3 heterocycles. The number of anilines is 1. The van der Waals surface area contributed by atoms with E-state index in [2.05, 4.69) is 27.1 Å². The summed E-state index contributed by atoms with van der Waals surface area (Å²) in [5, 5.41) is 12.6. The van der Waals surface area contributed by atoms with E-state index in [-0.39, 0.29) is 18.2 Å². The standard InChI is InChI=1S/C28H28N4O4/c1-18-6-5-7-21(30-18)14-20-11-13-29-22(15-20)26(33)31-23-17-36-25-9-8-19(10-12-28(2,3)35)16-24(25)32(4)27(23)34/h5-9,11,13,15-16,23,35H,14,17H2,1-4H3,(H,31,33)/t23-/m0/s1. The minimum atomic E-state index is -1.14. The highest BCUT2D eigenvalue weighted by molar-refractivity contribution is 6.03. The van der Waals surface area contributed by atoms with Gasteiger partial charge in [0.15, 0.2) is 0 Å². The smallest absolute Gasteiger partial charge is 0.270 e. The monoisotopic (exact) mass is 484 g/mol. The number of hydrogen-bond donors (Lipinski definition) is 2. The first-order chi connectivity index (χ1) is 17.1. The molecule has 0 aliphatic carbocycles. The van der Waals surface area contributed by atoms with Crippen molar-refractivity contribution in [3.63, 3.8) is 0 Å². The summed E-state index contributed by atoms with van der Waals surface area (Å²) >= 11 is 0. The van der Waals surface area contributed by atoms with Gasteiger partial charge in [0, 0.05) is 36.6 Å². The van der Waals surface area contributed by atoms with Crippen LogP contribution in [0.2, 0.25) is 0 Å². The maximum absolute atomic E-state index is 13.2. The van der Waals surface area contributed by atoms with E-state index in [1.807, 2.05) is 31.2 Å². The number of amides is 2. The maximum Gasteiger partial charge on any atom is 0.270 e. The zero-order chi connectivity index (χ0) is 25.9. The molecule has 0 radical (unpaired) electrons. The number of fused-ring (bicyclic) bond motifs is 1. The van der Waals surface area contributed by atoms with Crippen molar-refractivity contribution in [2.24, 2.45) is 0 Å². The number of carbonyl (C=O) groups is 2. The number of hydrogen-bond acceptors (Lipinski definition) is 6. The zero-order valence-electron chi connectivity index (χ0n) is 20.7. The average Bonchev–Trinajstić information content (AvgIpc) is 2.94. The van der Waals surface area contributed by atoms with Gasteiger partial charge in [-0.1, -0.05) is 17.9 Å². The van der Waals surface area contributed by atoms with Crippen LogP contribution in [0, 0.1) is 18.8 Å². The van der Waals surface area contributed by atoms with Crippen molar-refractivity contribution in [2.45, 2.75) is 38.8 Å². The Morgan fingerprint density at radius 2 is 2.06 bits per heavy atom. The molecule has 1 aliphatic heterocycles. The van der Waals surface area contributed by atoms with E-state index in [1.165, 1.54) is 4.90 Å². The predicted molar refractivity (Wildman–Crippen MR) is 136 cm³/mol. The number of ether oxygens (including phenoxy) is 1. The van der Waals surface area contributed by atoms with E-state index in [4.69, 9.17) is 4.74 Å². The molecule has 0 fully saturated rings. The number of aliphatic hydroxyl groups is 1. The Balaban J connectivity index is 1.48. The molecule has 0 saturated heterocycles. The second-order valence-electron chi connectivity index (χ2n) is 9.22. The van der Waals surface area contributed by atoms with Gasteiger partial charge in [0.05, 0.1) is 5.69 Å². The maximum atomic E-state index is 13.2. The Labute approximate surface area is 210 Å². The Bertz CT molecular complexity index is 1370. The largest absolute Gasteiger partial charge is 0.489 e. The lowest BCUT2D eigenvalue weighted by Crippen LogP contribution is -2.49. The van der Waals surface area contributed by atoms with E-state index in [9.17, 15) is 14.7 Å². The molecule has 4 rings (SSSR count). The summed E-state index contributed by atoms with van der Waals surface area (Å²) in [5.74, 6) is 5.37. The minimum Gasteiger partial charge on any atom is -0.489 e. The lowest BCUT2D eigenvalue weighted by atomic mass is 10.1. The number of aryl methyl sites for hydroxylation is 1. The van der Waals surface area contributed by atoms with Gasteiger partial charge >= 0.3 is 0 Å². The lowest BCUT2D eigenvalue weighted by Gasteiger charge is -2.20. The zero-order valence-corrected chi connectivity index (χ0v) is 20.7. The molecule has 184 valence electrons. The van der Waals surface area contributed by atoms with Gasteiger partial charge in [-0.05, 0) is 68.8 Å². The number of rotatable bonds is 4. The van der Waals surface area contributed by atoms with E-state index in [0.29, 0.717) is 23.4 Å². The predicted octanol–water partition coefficient (Wildman–Crippen LogP) is 2.65. The summed E-state index contributed by atoms with van der Waals surface area (Å²) in [5.41, 5.74) is 2.94. The van der Waals surface area contributed by atoms with Crippen molar-refractivity contribution in [3.8, 4) is 17.6 Å². The molecule has 0 bridgehead atoms. The van der Waals surface area contributed by atoms with E-state index < -0.39 is 17.6 Å². The lowest BCUT2D eigenvalue weighted by molar-refractivity contribution is -0.120. The molecular weight excluding hydrogens is 456 g/mol. The highest BCUT2D eigenvalue weighted by atomic mass is 16.5. The molecule has 0 unspecified atom stereocenters. The van der Waals surface area contributed by atoms with Crippen LogP contribution in [0.1, 0.15) is 46.9 Å². The average molecular weight is 485 g/mol. The number of nitrogens with zero attached hydrogens (tertiary/aromatic N) is 3. The topological polar surface area (TPSA) is 105 Å². The summed E-state index contributed by atoms with van der Waals surface area (Å²) in [6.07, 6.45) is 2.14. The van der Waals surface area contributed by atoms with Crippen LogP contribution in [0.4, 0.5) is 5.69 Å². The summed E-state index contributed by atoms with van der Waals surface area (Å²) in [4.78, 5) is 36.3. The molecule has 8 nitrogen and oxygen atoms in total. The molecule has 3 aromatic rings. The summed E-state index contributed by atoms with van der Waals surface area (Å²) in [6, 6.07) is 13.7. The molecule has 2 N–H and O–H groups in total. The number of likely N-dealkylation sites (N-methyl/N-ethyl adjacent to an activating group) is 1. The normalized spacial score (nSPS) is 15.2. The highest BCUT2D eigenvalue weighted by Gasteiger charge is 2.31. The van der Waals surface area contributed by atoms with Gasteiger partial charge < -0.3 is 20.1 Å². The first-order valence-corrected chi connectivity index (χ1v) is 11.6. The molecule has 2 aromatic heterocycles. The fourth-order valence-corrected chi connectivity index (χ4v) is 3.75. The van der Waals surface area contributed by atoms with Gasteiger partial charge in [-0.2, -0.15) is 0 Å². The minimum absolute atomic E-state index is 0.0243. The fourth-order valence-electron chi connectivity index (χ4n) is 3.75. The van der Waals surface area contributed by atoms with Gasteiger partial charge in [0.2, 0.25) is 0 Å². The molecule has 36 heavy (non-hydrogen) atoms. The summed E-state index contributed by atoms with van der Waals surface area (Å²) < 4.78 is 5.85. The molecule has 1 aromatic carbocycles. The van der Waals surface area contributed by atoms with Gasteiger partial charge in [0.25, 0.3) is 11.8 Å². The van der Waals surface area contributed by atoms with Crippen LogP contribution in [-0.2, 0) is 11.2 Å². The summed E-state index contributed by atoms with van der Waals surface area (Å²) in [7, 11) is 1.62. The van der Waals surface area contributed by atoms with Crippen molar-refractivity contribution >= 4 is 17.5 Å². The fraction of sp³-hybridized carbons (Fsp3) is 0.286. The second-order valence-corrected chi connectivity index (χ2v) is 9.22. The van der Waals surface area contributed by atoms with Crippen molar-refractivity contribution in [1.82, 2.24) is 15.3 Å². The van der Waals surface area contributed by atoms with Crippen molar-refractivity contribution < 1.29 is 19.4 Å². The van der Waals surface area contributed by atoms with Crippen LogP contribution < -0.4 is 15.0 Å². The van der Waals surface area contributed by atoms with Crippen LogP contribution in [-0.4, -0.2) is 52.2 Å². The number of carbonyl (C=O) groups excluding carboxylic acids is 2. The Kier molecular flexibility index (Phi) is 7.04. The number of aromatic nitrogens is 2. The third-order valence-corrected chi connectivity index (χ3v) is 5.56. The first-order valence-electron chi connectivity index (χ1n) is 11.6. The number of nitrogens with one attached hydrogen (secondary N) is 1. The molecule has 1 aliphatic rings. The number of benzene rings is 1. The van der Waals surface area contributed by atoms with Crippen molar-refractivity contribution in [1.29, 1.82) is 0 Å². The molecule has 0 saturated carbocycles. The van der Waals surface area contributed by atoms with E-state index in [1.54, 1.807) is 51.4 Å². The SMILES string of the molecule is Cc1cccc(Cc2ccnc(C(=O)N[C@H]3COc4ccc(C#CC(C)(C)O)cc4N(C)C3=O)c2)n1. The number of pyridine rings is 2. The Hall–Kier alpha value is -4.22. The third kappa shape index (κ3) is 6.06. The molecule has 0 spiro atoms. The molecule has 1 atom stereocenters. The van der Waals surface area contributed by atoms with Gasteiger partial charge in [-0.25, -0.2) is 0 Å². The Morgan fingerprint density at radius 3 is 2.81 bits per heavy atom. The van der Waals surface area contributed by atoms with Crippen molar-refractivity contribution in [2.75, 3.05) is 18.6 Å². The quantitative estimate of drug-likeness (QED) is 0.552. The molecule has 2 amide bonds. The Morgan fingerprint density at radius 1 is 1.25 bits per heavy atom. The van der Waals surface area contributed by atoms with Gasteiger partial charge in [-0.3, -0.25) is 19.6 Å². The highest BCUT2D eigenvalue weighted by Crippen LogP contribution is 2.31. The van der Waals surface area contributed by atoms with Crippen LogP contribution >= 0.6 is 0 Å². The molecular formula is C28H28N4O4. The molecule has 8 heteroatoms. The van der Waals surface area contributed by atoms with Crippen LogP contribution in [0.3, 0.4) is 0 Å². The third-order valence-electron chi connectivity index (χ3n) is 5.56. The van der Waals surface area contributed by atoms with Gasteiger partial charge in [0.1, 0.15) is 29.7 Å². The van der Waals surface area contributed by atoms with Crippen molar-refractivity contribution in [3.05, 3.63) is 82.9 Å². The van der Waals surface area contributed by atoms with Gasteiger partial charge in [-0.15, -0.1) is 0 Å².